The maximum atomic E-state index is 5.43. The lowest BCUT2D eigenvalue weighted by Crippen LogP contribution is -2.19. The molecule has 1 N–H and O–H groups in total. The number of rotatable bonds is 5. The van der Waals surface area contributed by atoms with E-state index < -0.39 is 0 Å². The number of aryl methyl sites for hydroxylation is 2. The van der Waals surface area contributed by atoms with E-state index in [-0.39, 0.29) is 6.04 Å². The Kier molecular flexibility index (Phi) is 4.74. The first-order valence-corrected chi connectivity index (χ1v) is 6.89. The molecule has 106 valence electrons. The van der Waals surface area contributed by atoms with Crippen LogP contribution < -0.4 is 10.1 Å². The normalized spacial score (nSPS) is 12.2. The highest BCUT2D eigenvalue weighted by atomic mass is 16.5. The Labute approximate surface area is 121 Å². The van der Waals surface area contributed by atoms with Crippen molar-refractivity contribution in [3.8, 4) is 5.75 Å². The average molecular weight is 270 g/mol. The van der Waals surface area contributed by atoms with Gasteiger partial charge in [-0.1, -0.05) is 23.8 Å². The van der Waals surface area contributed by atoms with Crippen molar-refractivity contribution in [3.05, 3.63) is 58.9 Å². The fraction of sp³-hybridized carbons (Fsp3) is 0.353. The number of nitrogens with one attached hydrogen (secondary N) is 1. The highest BCUT2D eigenvalue weighted by molar-refractivity contribution is 5.38. The molecule has 3 nitrogen and oxygen atoms in total. The fourth-order valence-electron chi connectivity index (χ4n) is 2.16. The van der Waals surface area contributed by atoms with Crippen molar-refractivity contribution in [3.63, 3.8) is 0 Å². The highest BCUT2D eigenvalue weighted by Crippen LogP contribution is 2.26. The molecular weight excluding hydrogens is 248 g/mol. The van der Waals surface area contributed by atoms with E-state index in [0.717, 1.165) is 18.0 Å². The number of methoxy groups -OCH3 is 1. The molecular formula is C17H22N2O. The van der Waals surface area contributed by atoms with Gasteiger partial charge in [0, 0.05) is 24.3 Å². The van der Waals surface area contributed by atoms with Crippen molar-refractivity contribution in [1.29, 1.82) is 0 Å². The third-order valence-electron chi connectivity index (χ3n) is 3.41. The fourth-order valence-corrected chi connectivity index (χ4v) is 2.16. The Hall–Kier alpha value is -1.87. The van der Waals surface area contributed by atoms with E-state index in [0.29, 0.717) is 0 Å². The Balaban J connectivity index is 2.06. The molecule has 20 heavy (non-hydrogen) atoms. The summed E-state index contributed by atoms with van der Waals surface area (Å²) in [7, 11) is 1.71. The first kappa shape index (κ1) is 14.5. The van der Waals surface area contributed by atoms with Gasteiger partial charge < -0.3 is 10.1 Å². The largest absolute Gasteiger partial charge is 0.496 e. The molecule has 3 heteroatoms. The van der Waals surface area contributed by atoms with Crippen LogP contribution in [0.5, 0.6) is 5.75 Å². The van der Waals surface area contributed by atoms with Crippen molar-refractivity contribution < 1.29 is 4.74 Å². The molecule has 2 aromatic rings. The lowest BCUT2D eigenvalue weighted by molar-refractivity contribution is 0.401. The predicted molar refractivity (Wildman–Crippen MR) is 82.0 cm³/mol. The second kappa shape index (κ2) is 6.53. The average Bonchev–Trinajstić information content (AvgIpc) is 2.46. The van der Waals surface area contributed by atoms with Crippen molar-refractivity contribution in [1.82, 2.24) is 10.3 Å². The zero-order valence-corrected chi connectivity index (χ0v) is 12.6. The van der Waals surface area contributed by atoms with E-state index in [1.54, 1.807) is 7.11 Å². The minimum atomic E-state index is 0.216. The standard InChI is InChI=1S/C17H22N2O/c1-12-6-8-17(20-4)16(9-12)14(3)18-11-15-7-5-13(2)10-19-15/h5-10,14,18H,11H2,1-4H3. The summed E-state index contributed by atoms with van der Waals surface area (Å²) in [6, 6.07) is 10.6. The monoisotopic (exact) mass is 270 g/mol. The second-order valence-corrected chi connectivity index (χ2v) is 5.17. The molecule has 0 radical (unpaired) electrons. The van der Waals surface area contributed by atoms with Gasteiger partial charge in [-0.15, -0.1) is 0 Å². The minimum absolute atomic E-state index is 0.216. The number of benzene rings is 1. The summed E-state index contributed by atoms with van der Waals surface area (Å²) in [5.41, 5.74) is 4.65. The zero-order valence-electron chi connectivity index (χ0n) is 12.6. The van der Waals surface area contributed by atoms with Gasteiger partial charge in [-0.3, -0.25) is 4.98 Å². The van der Waals surface area contributed by atoms with Gasteiger partial charge in [-0.05, 0) is 38.5 Å². The van der Waals surface area contributed by atoms with Gasteiger partial charge in [0.05, 0.1) is 12.8 Å². The van der Waals surface area contributed by atoms with E-state index in [2.05, 4.69) is 48.4 Å². The van der Waals surface area contributed by atoms with Crippen LogP contribution in [0, 0.1) is 13.8 Å². The van der Waals surface area contributed by atoms with Gasteiger partial charge in [-0.2, -0.15) is 0 Å². The molecule has 0 amide bonds. The van der Waals surface area contributed by atoms with Crippen LogP contribution in [0.2, 0.25) is 0 Å². The van der Waals surface area contributed by atoms with E-state index >= 15 is 0 Å². The van der Waals surface area contributed by atoms with E-state index in [9.17, 15) is 0 Å². The topological polar surface area (TPSA) is 34.1 Å². The molecule has 0 fully saturated rings. The van der Waals surface area contributed by atoms with E-state index in [1.165, 1.54) is 16.7 Å². The molecule has 0 saturated carbocycles. The lowest BCUT2D eigenvalue weighted by Gasteiger charge is -2.18. The minimum Gasteiger partial charge on any atom is -0.496 e. The van der Waals surface area contributed by atoms with Gasteiger partial charge in [-0.25, -0.2) is 0 Å². The maximum Gasteiger partial charge on any atom is 0.123 e. The molecule has 1 atom stereocenters. The Morgan fingerprint density at radius 2 is 1.90 bits per heavy atom. The number of pyridine rings is 1. The van der Waals surface area contributed by atoms with Crippen molar-refractivity contribution in [2.24, 2.45) is 0 Å². The number of nitrogens with zero attached hydrogens (tertiary/aromatic N) is 1. The number of ether oxygens (including phenoxy) is 1. The van der Waals surface area contributed by atoms with E-state index in [4.69, 9.17) is 4.74 Å². The third kappa shape index (κ3) is 3.58. The number of hydrogen-bond acceptors (Lipinski definition) is 3. The van der Waals surface area contributed by atoms with Gasteiger partial charge in [0.15, 0.2) is 0 Å². The Bertz CT molecular complexity index is 564. The molecule has 1 heterocycles. The summed E-state index contributed by atoms with van der Waals surface area (Å²) in [6.07, 6.45) is 1.90. The molecule has 0 aliphatic heterocycles. The molecule has 0 spiro atoms. The second-order valence-electron chi connectivity index (χ2n) is 5.17. The van der Waals surface area contributed by atoms with Crippen molar-refractivity contribution >= 4 is 0 Å². The quantitative estimate of drug-likeness (QED) is 0.902. The zero-order chi connectivity index (χ0) is 14.5. The van der Waals surface area contributed by atoms with Crippen LogP contribution in [0.15, 0.2) is 36.5 Å². The first-order chi connectivity index (χ1) is 9.60. The molecule has 1 unspecified atom stereocenters. The SMILES string of the molecule is COc1ccc(C)cc1C(C)NCc1ccc(C)cn1. The van der Waals surface area contributed by atoms with Crippen LogP contribution in [0.4, 0.5) is 0 Å². The summed E-state index contributed by atoms with van der Waals surface area (Å²) in [6.45, 7) is 7.03. The van der Waals surface area contributed by atoms with Crippen molar-refractivity contribution in [2.75, 3.05) is 7.11 Å². The first-order valence-electron chi connectivity index (χ1n) is 6.89. The van der Waals surface area contributed by atoms with Gasteiger partial charge >= 0.3 is 0 Å². The molecule has 0 aliphatic rings. The van der Waals surface area contributed by atoms with Crippen LogP contribution in [-0.4, -0.2) is 12.1 Å². The number of hydrogen-bond donors (Lipinski definition) is 1. The van der Waals surface area contributed by atoms with Crippen LogP contribution >= 0.6 is 0 Å². The smallest absolute Gasteiger partial charge is 0.123 e. The summed E-state index contributed by atoms with van der Waals surface area (Å²) < 4.78 is 5.43. The van der Waals surface area contributed by atoms with Crippen LogP contribution in [0.3, 0.4) is 0 Å². The summed E-state index contributed by atoms with van der Waals surface area (Å²) in [5, 5.41) is 3.49. The Morgan fingerprint density at radius 3 is 2.55 bits per heavy atom. The van der Waals surface area contributed by atoms with Crippen molar-refractivity contribution in [2.45, 2.75) is 33.4 Å². The number of aromatic nitrogens is 1. The highest BCUT2D eigenvalue weighted by Gasteiger charge is 2.11. The van der Waals surface area contributed by atoms with Gasteiger partial charge in [0.1, 0.15) is 5.75 Å². The van der Waals surface area contributed by atoms with Gasteiger partial charge in [0.25, 0.3) is 0 Å². The third-order valence-corrected chi connectivity index (χ3v) is 3.41. The lowest BCUT2D eigenvalue weighted by atomic mass is 10.0. The summed E-state index contributed by atoms with van der Waals surface area (Å²) in [5.74, 6) is 0.924. The molecule has 2 rings (SSSR count). The molecule has 0 saturated heterocycles. The molecule has 0 bridgehead atoms. The van der Waals surface area contributed by atoms with Crippen LogP contribution in [-0.2, 0) is 6.54 Å². The van der Waals surface area contributed by atoms with E-state index in [1.807, 2.05) is 19.2 Å². The predicted octanol–water partition coefficient (Wildman–Crippen LogP) is 3.56. The van der Waals surface area contributed by atoms with Crippen LogP contribution in [0.1, 0.15) is 35.3 Å². The maximum absolute atomic E-state index is 5.43. The van der Waals surface area contributed by atoms with Gasteiger partial charge in [0.2, 0.25) is 0 Å². The summed E-state index contributed by atoms with van der Waals surface area (Å²) >= 11 is 0. The molecule has 1 aromatic carbocycles. The molecule has 0 aliphatic carbocycles. The molecule has 1 aromatic heterocycles. The van der Waals surface area contributed by atoms with Crippen LogP contribution in [0.25, 0.3) is 0 Å². The summed E-state index contributed by atoms with van der Waals surface area (Å²) in [4.78, 5) is 4.41. The Morgan fingerprint density at radius 1 is 1.15 bits per heavy atom.